The zero-order valence-corrected chi connectivity index (χ0v) is 10.3. The number of hydrogen-bond donors (Lipinski definition) is 1. The van der Waals surface area contributed by atoms with Gasteiger partial charge in [-0.1, -0.05) is 25.5 Å². The van der Waals surface area contributed by atoms with E-state index in [2.05, 4.69) is 6.07 Å². The van der Waals surface area contributed by atoms with Gasteiger partial charge in [0.1, 0.15) is 5.82 Å². The van der Waals surface area contributed by atoms with E-state index in [1.54, 1.807) is 19.1 Å². The summed E-state index contributed by atoms with van der Waals surface area (Å²) in [5.41, 5.74) is -0.226. The first-order valence-electron chi connectivity index (χ1n) is 5.86. The van der Waals surface area contributed by atoms with E-state index >= 15 is 0 Å². The minimum Gasteiger partial charge on any atom is -0.388 e. The van der Waals surface area contributed by atoms with Crippen LogP contribution in [0.25, 0.3) is 0 Å². The van der Waals surface area contributed by atoms with Gasteiger partial charge >= 0.3 is 0 Å². The second-order valence-electron chi connectivity index (χ2n) is 4.63. The molecule has 1 rings (SSSR count). The SMILES string of the molecule is CCCC(C#N)C(C)(O)Cc1ccc(F)cc1. The summed E-state index contributed by atoms with van der Waals surface area (Å²) >= 11 is 0. The fourth-order valence-corrected chi connectivity index (χ4v) is 1.94. The van der Waals surface area contributed by atoms with E-state index < -0.39 is 11.5 Å². The van der Waals surface area contributed by atoms with Crippen LogP contribution in [0.3, 0.4) is 0 Å². The standard InChI is InChI=1S/C14H18FNO/c1-3-4-12(10-16)14(2,17)9-11-5-7-13(15)8-6-11/h5-8,12,17H,3-4,9H2,1-2H3. The summed E-state index contributed by atoms with van der Waals surface area (Å²) in [5, 5.41) is 19.4. The Bertz CT molecular complexity index is 392. The van der Waals surface area contributed by atoms with Crippen molar-refractivity contribution in [1.29, 1.82) is 5.26 Å². The molecule has 0 amide bonds. The van der Waals surface area contributed by atoms with Crippen LogP contribution in [0.15, 0.2) is 24.3 Å². The zero-order chi connectivity index (χ0) is 12.9. The van der Waals surface area contributed by atoms with Crippen molar-refractivity contribution in [2.75, 3.05) is 0 Å². The highest BCUT2D eigenvalue weighted by atomic mass is 19.1. The second-order valence-corrected chi connectivity index (χ2v) is 4.63. The van der Waals surface area contributed by atoms with Gasteiger partial charge in [0, 0.05) is 6.42 Å². The molecule has 0 aromatic heterocycles. The third kappa shape index (κ3) is 3.83. The molecule has 0 aliphatic carbocycles. The summed E-state index contributed by atoms with van der Waals surface area (Å²) in [6.07, 6.45) is 1.90. The summed E-state index contributed by atoms with van der Waals surface area (Å²) in [4.78, 5) is 0. The van der Waals surface area contributed by atoms with Crippen molar-refractivity contribution >= 4 is 0 Å². The highest BCUT2D eigenvalue weighted by molar-refractivity contribution is 5.19. The molecule has 2 nitrogen and oxygen atoms in total. The molecule has 0 spiro atoms. The lowest BCUT2D eigenvalue weighted by molar-refractivity contribution is 0.0178. The van der Waals surface area contributed by atoms with Crippen molar-refractivity contribution in [1.82, 2.24) is 0 Å². The number of aliphatic hydroxyl groups is 1. The minimum absolute atomic E-state index is 0.293. The molecule has 1 aromatic carbocycles. The molecular weight excluding hydrogens is 217 g/mol. The van der Waals surface area contributed by atoms with Crippen LogP contribution in [0, 0.1) is 23.1 Å². The first-order valence-corrected chi connectivity index (χ1v) is 5.86. The van der Waals surface area contributed by atoms with E-state index in [1.165, 1.54) is 12.1 Å². The maximum atomic E-state index is 12.8. The molecule has 0 fully saturated rings. The van der Waals surface area contributed by atoms with Gasteiger partial charge in [-0.2, -0.15) is 5.26 Å². The Balaban J connectivity index is 2.77. The van der Waals surface area contributed by atoms with Gasteiger partial charge in [-0.15, -0.1) is 0 Å². The Morgan fingerprint density at radius 2 is 2.00 bits per heavy atom. The van der Waals surface area contributed by atoms with Crippen LogP contribution < -0.4 is 0 Å². The predicted octanol–water partition coefficient (Wildman–Crippen LogP) is 3.06. The summed E-state index contributed by atoms with van der Waals surface area (Å²) in [6.45, 7) is 3.65. The smallest absolute Gasteiger partial charge is 0.123 e. The van der Waals surface area contributed by atoms with Gasteiger partial charge in [0.15, 0.2) is 0 Å². The van der Waals surface area contributed by atoms with Crippen molar-refractivity contribution in [3.05, 3.63) is 35.6 Å². The number of nitriles is 1. The van der Waals surface area contributed by atoms with Crippen molar-refractivity contribution in [2.24, 2.45) is 5.92 Å². The molecule has 0 radical (unpaired) electrons. The quantitative estimate of drug-likeness (QED) is 0.852. The average Bonchev–Trinajstić information content (AvgIpc) is 2.28. The first kappa shape index (κ1) is 13.7. The summed E-state index contributed by atoms with van der Waals surface area (Å²) in [7, 11) is 0. The molecule has 1 N–H and O–H groups in total. The topological polar surface area (TPSA) is 44.0 Å². The normalized spacial score (nSPS) is 15.9. The van der Waals surface area contributed by atoms with Gasteiger partial charge in [-0.05, 0) is 31.0 Å². The van der Waals surface area contributed by atoms with Crippen LogP contribution in [-0.4, -0.2) is 10.7 Å². The Hall–Kier alpha value is -1.40. The molecule has 92 valence electrons. The Morgan fingerprint density at radius 3 is 2.47 bits per heavy atom. The van der Waals surface area contributed by atoms with E-state index in [0.717, 1.165) is 12.0 Å². The lowest BCUT2D eigenvalue weighted by Crippen LogP contribution is -2.36. The summed E-state index contributed by atoms with van der Waals surface area (Å²) in [5.74, 6) is -0.684. The largest absolute Gasteiger partial charge is 0.388 e. The van der Waals surface area contributed by atoms with Crippen molar-refractivity contribution in [3.8, 4) is 6.07 Å². The number of nitrogens with zero attached hydrogens (tertiary/aromatic N) is 1. The van der Waals surface area contributed by atoms with Crippen LogP contribution >= 0.6 is 0 Å². The van der Waals surface area contributed by atoms with Crippen molar-refractivity contribution in [2.45, 2.75) is 38.7 Å². The van der Waals surface area contributed by atoms with Crippen LogP contribution in [0.2, 0.25) is 0 Å². The zero-order valence-electron chi connectivity index (χ0n) is 10.3. The van der Waals surface area contributed by atoms with Gasteiger partial charge in [0.05, 0.1) is 17.6 Å². The first-order chi connectivity index (χ1) is 7.99. The number of hydrogen-bond acceptors (Lipinski definition) is 2. The maximum absolute atomic E-state index is 12.8. The molecule has 2 unspecified atom stereocenters. The molecular formula is C14H18FNO. The van der Waals surface area contributed by atoms with Gasteiger partial charge in [0.2, 0.25) is 0 Å². The van der Waals surface area contributed by atoms with Crippen LogP contribution in [0.1, 0.15) is 32.3 Å². The lowest BCUT2D eigenvalue weighted by atomic mass is 9.82. The van der Waals surface area contributed by atoms with E-state index in [9.17, 15) is 9.50 Å². The fraction of sp³-hybridized carbons (Fsp3) is 0.500. The van der Waals surface area contributed by atoms with Crippen LogP contribution in [-0.2, 0) is 6.42 Å². The molecule has 17 heavy (non-hydrogen) atoms. The second kappa shape index (κ2) is 5.79. The Morgan fingerprint density at radius 1 is 1.41 bits per heavy atom. The number of benzene rings is 1. The van der Waals surface area contributed by atoms with Gasteiger partial charge in [0.25, 0.3) is 0 Å². The van der Waals surface area contributed by atoms with Gasteiger partial charge in [-0.3, -0.25) is 0 Å². The van der Waals surface area contributed by atoms with Crippen LogP contribution in [0.5, 0.6) is 0 Å². The molecule has 3 heteroatoms. The molecule has 0 saturated heterocycles. The highest BCUT2D eigenvalue weighted by Crippen LogP contribution is 2.25. The summed E-state index contributed by atoms with van der Waals surface area (Å²) in [6, 6.07) is 8.17. The van der Waals surface area contributed by atoms with Gasteiger partial charge < -0.3 is 5.11 Å². The Kier molecular flexibility index (Phi) is 4.65. The van der Waals surface area contributed by atoms with E-state index in [0.29, 0.717) is 12.8 Å². The molecule has 0 aliphatic heterocycles. The third-order valence-corrected chi connectivity index (χ3v) is 2.96. The van der Waals surface area contributed by atoms with Crippen molar-refractivity contribution in [3.63, 3.8) is 0 Å². The van der Waals surface area contributed by atoms with E-state index in [4.69, 9.17) is 5.26 Å². The highest BCUT2D eigenvalue weighted by Gasteiger charge is 2.31. The molecule has 0 heterocycles. The maximum Gasteiger partial charge on any atom is 0.123 e. The number of halogens is 1. The molecule has 0 aliphatic rings. The van der Waals surface area contributed by atoms with E-state index in [1.807, 2.05) is 6.92 Å². The minimum atomic E-state index is -1.07. The molecule has 2 atom stereocenters. The fourth-order valence-electron chi connectivity index (χ4n) is 1.94. The Labute approximate surface area is 102 Å². The number of rotatable bonds is 5. The van der Waals surface area contributed by atoms with Gasteiger partial charge in [-0.25, -0.2) is 4.39 Å². The molecule has 0 saturated carbocycles. The van der Waals surface area contributed by atoms with E-state index in [-0.39, 0.29) is 5.82 Å². The summed E-state index contributed by atoms with van der Waals surface area (Å²) < 4.78 is 12.8. The monoisotopic (exact) mass is 235 g/mol. The van der Waals surface area contributed by atoms with Crippen molar-refractivity contribution < 1.29 is 9.50 Å². The lowest BCUT2D eigenvalue weighted by Gasteiger charge is -2.28. The predicted molar refractivity (Wildman–Crippen MR) is 64.7 cm³/mol. The third-order valence-electron chi connectivity index (χ3n) is 2.96. The molecule has 1 aromatic rings. The molecule has 0 bridgehead atoms. The van der Waals surface area contributed by atoms with Crippen LogP contribution in [0.4, 0.5) is 4.39 Å². The average molecular weight is 235 g/mol.